The number of amides is 2. The first-order chi connectivity index (χ1) is 13.6. The largest absolute Gasteiger partial charge is 0.493 e. The van der Waals surface area contributed by atoms with Crippen LogP contribution in [0.4, 0.5) is 11.4 Å². The minimum Gasteiger partial charge on any atom is -0.493 e. The summed E-state index contributed by atoms with van der Waals surface area (Å²) in [4.78, 5) is 24.5. The van der Waals surface area contributed by atoms with Gasteiger partial charge in [0.2, 0.25) is 5.91 Å². The van der Waals surface area contributed by atoms with Crippen molar-refractivity contribution in [2.24, 2.45) is 11.8 Å². The van der Waals surface area contributed by atoms with E-state index < -0.39 is 0 Å². The van der Waals surface area contributed by atoms with Crippen LogP contribution in [0.3, 0.4) is 0 Å². The molecule has 0 radical (unpaired) electrons. The highest BCUT2D eigenvalue weighted by molar-refractivity contribution is 5.95. The first-order valence-corrected chi connectivity index (χ1v) is 9.24. The molecule has 1 heterocycles. The first-order valence-electron chi connectivity index (χ1n) is 9.24. The van der Waals surface area contributed by atoms with E-state index in [2.05, 4.69) is 16.0 Å². The summed E-state index contributed by atoms with van der Waals surface area (Å²) >= 11 is 0. The van der Waals surface area contributed by atoms with E-state index in [0.717, 1.165) is 13.1 Å². The average molecular weight is 420 g/mol. The van der Waals surface area contributed by atoms with Crippen LogP contribution in [-0.4, -0.2) is 38.6 Å². The van der Waals surface area contributed by atoms with E-state index >= 15 is 0 Å². The van der Waals surface area contributed by atoms with Gasteiger partial charge in [0, 0.05) is 17.3 Å². The molecule has 1 aliphatic rings. The Hall–Kier alpha value is -2.77. The minimum absolute atomic E-state index is 0. The molecule has 0 aromatic heterocycles. The van der Waals surface area contributed by atoms with Gasteiger partial charge in [-0.3, -0.25) is 9.59 Å². The Morgan fingerprint density at radius 2 is 1.72 bits per heavy atom. The summed E-state index contributed by atoms with van der Waals surface area (Å²) in [6.45, 7) is 3.53. The first kappa shape index (κ1) is 22.5. The lowest BCUT2D eigenvalue weighted by molar-refractivity contribution is -0.121. The zero-order valence-electron chi connectivity index (χ0n) is 16.4. The average Bonchev–Trinajstić information content (AvgIpc) is 2.65. The van der Waals surface area contributed by atoms with E-state index in [1.807, 2.05) is 19.1 Å². The molecule has 1 saturated heterocycles. The summed E-state index contributed by atoms with van der Waals surface area (Å²) in [6.07, 6.45) is 0. The Morgan fingerprint density at radius 3 is 2.34 bits per heavy atom. The second kappa shape index (κ2) is 10.7. The summed E-state index contributed by atoms with van der Waals surface area (Å²) in [7, 11) is 1.55. The van der Waals surface area contributed by atoms with Gasteiger partial charge in [0.1, 0.15) is 0 Å². The molecule has 0 bridgehead atoms. The Bertz CT molecular complexity index is 842. The third-order valence-corrected chi connectivity index (χ3v) is 4.78. The van der Waals surface area contributed by atoms with Gasteiger partial charge in [-0.2, -0.15) is 0 Å². The van der Waals surface area contributed by atoms with Crippen LogP contribution in [0.15, 0.2) is 48.5 Å². The third kappa shape index (κ3) is 6.10. The zero-order chi connectivity index (χ0) is 19.9. The van der Waals surface area contributed by atoms with Crippen LogP contribution >= 0.6 is 12.4 Å². The number of halogens is 1. The van der Waals surface area contributed by atoms with E-state index in [1.165, 1.54) is 0 Å². The molecular formula is C21H26ClN3O4. The van der Waals surface area contributed by atoms with E-state index in [0.29, 0.717) is 28.8 Å². The maximum Gasteiger partial charge on any atom is 0.262 e. The molecule has 2 amide bonds. The Morgan fingerprint density at radius 1 is 1.07 bits per heavy atom. The van der Waals surface area contributed by atoms with Crippen molar-refractivity contribution >= 4 is 35.6 Å². The topological polar surface area (TPSA) is 88.7 Å². The number of methoxy groups -OCH3 is 1. The van der Waals surface area contributed by atoms with Gasteiger partial charge in [-0.25, -0.2) is 0 Å². The summed E-state index contributed by atoms with van der Waals surface area (Å²) in [5.74, 6) is 1.05. The van der Waals surface area contributed by atoms with Crippen LogP contribution < -0.4 is 25.4 Å². The lowest BCUT2D eigenvalue weighted by atomic mass is 9.88. The Kier molecular flexibility index (Phi) is 8.30. The van der Waals surface area contributed by atoms with Gasteiger partial charge in [-0.05, 0) is 49.3 Å². The fourth-order valence-electron chi connectivity index (χ4n) is 2.89. The summed E-state index contributed by atoms with van der Waals surface area (Å²) in [5, 5.41) is 8.86. The molecule has 2 aromatic carbocycles. The Labute approximate surface area is 176 Å². The molecule has 1 unspecified atom stereocenters. The molecule has 0 aliphatic carbocycles. The predicted molar refractivity (Wildman–Crippen MR) is 115 cm³/mol. The lowest BCUT2D eigenvalue weighted by Crippen LogP contribution is -2.48. The molecule has 29 heavy (non-hydrogen) atoms. The van der Waals surface area contributed by atoms with E-state index in [4.69, 9.17) is 9.47 Å². The molecule has 156 valence electrons. The van der Waals surface area contributed by atoms with Crippen molar-refractivity contribution in [3.8, 4) is 11.5 Å². The second-order valence-corrected chi connectivity index (χ2v) is 6.76. The summed E-state index contributed by atoms with van der Waals surface area (Å²) < 4.78 is 10.7. The van der Waals surface area contributed by atoms with Crippen LogP contribution in [-0.2, 0) is 9.59 Å². The van der Waals surface area contributed by atoms with Gasteiger partial charge in [0.05, 0.1) is 7.11 Å². The maximum absolute atomic E-state index is 12.3. The van der Waals surface area contributed by atoms with Gasteiger partial charge in [-0.15, -0.1) is 12.4 Å². The number of benzene rings is 2. The smallest absolute Gasteiger partial charge is 0.262 e. The number of anilines is 2. The van der Waals surface area contributed by atoms with E-state index in [1.54, 1.807) is 43.5 Å². The number of carbonyl (C=O) groups excluding carboxylic acids is 2. The molecule has 3 rings (SSSR count). The van der Waals surface area contributed by atoms with Crippen molar-refractivity contribution in [2.75, 3.05) is 37.4 Å². The van der Waals surface area contributed by atoms with Crippen LogP contribution in [0, 0.1) is 11.8 Å². The summed E-state index contributed by atoms with van der Waals surface area (Å²) in [6, 6.07) is 14.2. The number of rotatable bonds is 8. The van der Waals surface area contributed by atoms with E-state index in [9.17, 15) is 9.59 Å². The quantitative estimate of drug-likeness (QED) is 0.612. The monoisotopic (exact) mass is 419 g/mol. The Balaban J connectivity index is 0.00000300. The molecule has 3 N–H and O–H groups in total. The van der Waals surface area contributed by atoms with Gasteiger partial charge >= 0.3 is 0 Å². The van der Waals surface area contributed by atoms with Crippen molar-refractivity contribution in [1.82, 2.24) is 5.32 Å². The van der Waals surface area contributed by atoms with Gasteiger partial charge in [0.25, 0.3) is 5.91 Å². The molecule has 1 fully saturated rings. The SMILES string of the molecule is COc1ccccc1OCC(=O)Nc1cccc(NC(=O)C(C)C2CNC2)c1.Cl. The number of nitrogens with one attached hydrogen (secondary N) is 3. The van der Waals surface area contributed by atoms with Crippen molar-refractivity contribution in [2.45, 2.75) is 6.92 Å². The van der Waals surface area contributed by atoms with Crippen LogP contribution in [0.25, 0.3) is 0 Å². The normalized spacial score (nSPS) is 14.0. The molecular weight excluding hydrogens is 394 g/mol. The highest BCUT2D eigenvalue weighted by Gasteiger charge is 2.28. The van der Waals surface area contributed by atoms with E-state index in [-0.39, 0.29) is 36.7 Å². The van der Waals surface area contributed by atoms with Crippen molar-refractivity contribution in [1.29, 1.82) is 0 Å². The number of carbonyl (C=O) groups is 2. The van der Waals surface area contributed by atoms with Crippen LogP contribution in [0.5, 0.6) is 11.5 Å². The number of para-hydroxylation sites is 2. The standard InChI is InChI=1S/C21H25N3O4.ClH/c1-14(15-11-22-12-15)21(26)24-17-7-5-6-16(10-17)23-20(25)13-28-19-9-4-3-8-18(19)27-2;/h3-10,14-15,22H,11-13H2,1-2H3,(H,23,25)(H,24,26);1H. The molecule has 0 saturated carbocycles. The third-order valence-electron chi connectivity index (χ3n) is 4.78. The molecule has 1 atom stereocenters. The van der Waals surface area contributed by atoms with Gasteiger partial charge in [0.15, 0.2) is 18.1 Å². The van der Waals surface area contributed by atoms with Crippen molar-refractivity contribution < 1.29 is 19.1 Å². The van der Waals surface area contributed by atoms with Gasteiger partial charge < -0.3 is 25.4 Å². The van der Waals surface area contributed by atoms with Crippen molar-refractivity contribution in [3.63, 3.8) is 0 Å². The number of hydrogen-bond acceptors (Lipinski definition) is 5. The van der Waals surface area contributed by atoms with Crippen molar-refractivity contribution in [3.05, 3.63) is 48.5 Å². The number of hydrogen-bond donors (Lipinski definition) is 3. The fraction of sp³-hybridized carbons (Fsp3) is 0.333. The summed E-state index contributed by atoms with van der Waals surface area (Å²) in [5.41, 5.74) is 1.23. The second-order valence-electron chi connectivity index (χ2n) is 6.76. The molecule has 2 aromatic rings. The minimum atomic E-state index is -0.303. The zero-order valence-corrected chi connectivity index (χ0v) is 17.3. The highest BCUT2D eigenvalue weighted by atomic mass is 35.5. The molecule has 7 nitrogen and oxygen atoms in total. The van der Waals surface area contributed by atoms with Gasteiger partial charge in [-0.1, -0.05) is 25.1 Å². The highest BCUT2D eigenvalue weighted by Crippen LogP contribution is 2.25. The molecule has 0 spiro atoms. The molecule has 1 aliphatic heterocycles. The fourth-order valence-corrected chi connectivity index (χ4v) is 2.89. The molecule has 8 heteroatoms. The number of ether oxygens (including phenoxy) is 2. The maximum atomic E-state index is 12.3. The predicted octanol–water partition coefficient (Wildman–Crippen LogP) is 2.93. The van der Waals surface area contributed by atoms with Crippen LogP contribution in [0.2, 0.25) is 0 Å². The van der Waals surface area contributed by atoms with Crippen LogP contribution in [0.1, 0.15) is 6.92 Å². The lowest BCUT2D eigenvalue weighted by Gasteiger charge is -2.31.